The molecule has 0 radical (unpaired) electrons. The van der Waals surface area contributed by atoms with Crippen LogP contribution in [0.1, 0.15) is 19.8 Å². The zero-order valence-corrected chi connectivity index (χ0v) is 13.4. The molecule has 0 aliphatic heterocycles. The summed E-state index contributed by atoms with van der Waals surface area (Å²) in [4.78, 5) is 2.22. The van der Waals surface area contributed by atoms with Crippen molar-refractivity contribution in [3.8, 4) is 5.75 Å². The molecule has 1 aromatic rings. The van der Waals surface area contributed by atoms with E-state index >= 15 is 0 Å². The molecule has 0 aliphatic rings. The first-order valence-electron chi connectivity index (χ1n) is 7.48. The van der Waals surface area contributed by atoms with Crippen LogP contribution in [0.5, 0.6) is 5.75 Å². The van der Waals surface area contributed by atoms with Crippen LogP contribution in [0.3, 0.4) is 0 Å². The van der Waals surface area contributed by atoms with Gasteiger partial charge < -0.3 is 24.8 Å². The van der Waals surface area contributed by atoms with Gasteiger partial charge in [-0.15, -0.1) is 0 Å². The number of hydrogen-bond donors (Lipinski definition) is 1. The second-order valence-corrected chi connectivity index (χ2v) is 4.86. The largest absolute Gasteiger partial charge is 0.491 e. The highest BCUT2D eigenvalue weighted by molar-refractivity contribution is 5.74. The van der Waals surface area contributed by atoms with Gasteiger partial charge in [-0.25, -0.2) is 0 Å². The van der Waals surface area contributed by atoms with Crippen LogP contribution in [0.4, 0.5) is 11.4 Å². The third-order valence-corrected chi connectivity index (χ3v) is 3.19. The van der Waals surface area contributed by atoms with Crippen molar-refractivity contribution in [3.63, 3.8) is 0 Å². The number of rotatable bonds is 11. The molecule has 0 unspecified atom stereocenters. The van der Waals surface area contributed by atoms with Crippen LogP contribution in [-0.2, 0) is 9.47 Å². The van der Waals surface area contributed by atoms with Crippen molar-refractivity contribution in [3.05, 3.63) is 18.2 Å². The van der Waals surface area contributed by atoms with Crippen LogP contribution >= 0.6 is 0 Å². The average molecular weight is 296 g/mol. The summed E-state index contributed by atoms with van der Waals surface area (Å²) in [5.74, 6) is 0.753. The molecule has 0 atom stereocenters. The van der Waals surface area contributed by atoms with E-state index in [1.165, 1.54) is 0 Å². The summed E-state index contributed by atoms with van der Waals surface area (Å²) in [5.41, 5.74) is 7.95. The Bertz CT molecular complexity index is 399. The molecule has 5 nitrogen and oxygen atoms in total. The van der Waals surface area contributed by atoms with E-state index in [0.29, 0.717) is 18.9 Å². The lowest BCUT2D eigenvalue weighted by atomic mass is 10.2. The smallest absolute Gasteiger partial charge is 0.144 e. The molecule has 1 aromatic carbocycles. The molecule has 21 heavy (non-hydrogen) atoms. The van der Waals surface area contributed by atoms with E-state index in [-0.39, 0.29) is 0 Å². The highest BCUT2D eigenvalue weighted by Crippen LogP contribution is 2.32. The third-order valence-electron chi connectivity index (χ3n) is 3.19. The van der Waals surface area contributed by atoms with Crippen LogP contribution in [0.25, 0.3) is 0 Å². The van der Waals surface area contributed by atoms with Crippen molar-refractivity contribution in [2.75, 3.05) is 57.8 Å². The lowest BCUT2D eigenvalue weighted by Gasteiger charge is -2.26. The van der Waals surface area contributed by atoms with Crippen molar-refractivity contribution in [2.24, 2.45) is 0 Å². The van der Waals surface area contributed by atoms with Crippen LogP contribution in [-0.4, -0.2) is 47.1 Å². The monoisotopic (exact) mass is 296 g/mol. The average Bonchev–Trinajstić information content (AvgIpc) is 2.50. The van der Waals surface area contributed by atoms with Gasteiger partial charge in [0.15, 0.2) is 0 Å². The van der Waals surface area contributed by atoms with E-state index in [9.17, 15) is 0 Å². The molecule has 120 valence electrons. The van der Waals surface area contributed by atoms with Crippen molar-refractivity contribution >= 4 is 11.4 Å². The molecule has 0 saturated heterocycles. The first-order chi connectivity index (χ1) is 10.2. The quantitative estimate of drug-likeness (QED) is 0.502. The molecule has 0 aromatic heterocycles. The second-order valence-electron chi connectivity index (χ2n) is 4.86. The summed E-state index contributed by atoms with van der Waals surface area (Å²) in [6, 6.07) is 5.92. The highest BCUT2D eigenvalue weighted by Gasteiger charge is 2.13. The highest BCUT2D eigenvalue weighted by atomic mass is 16.5. The minimum atomic E-state index is 0.659. The van der Waals surface area contributed by atoms with E-state index < -0.39 is 0 Å². The Morgan fingerprint density at radius 3 is 2.48 bits per heavy atom. The van der Waals surface area contributed by atoms with Gasteiger partial charge in [-0.2, -0.15) is 0 Å². The summed E-state index contributed by atoms with van der Waals surface area (Å²) >= 11 is 0. The van der Waals surface area contributed by atoms with Crippen LogP contribution in [0.15, 0.2) is 18.2 Å². The van der Waals surface area contributed by atoms with E-state index in [1.54, 1.807) is 14.2 Å². The van der Waals surface area contributed by atoms with Gasteiger partial charge in [0.05, 0.1) is 24.6 Å². The number of para-hydroxylation sites is 1. The molecule has 0 spiro atoms. The minimum Gasteiger partial charge on any atom is -0.491 e. The van der Waals surface area contributed by atoms with Crippen LogP contribution < -0.4 is 15.4 Å². The SMILES string of the molecule is CCCOc1cccc(N(CCCOC)CCOC)c1N. The predicted octanol–water partition coefficient (Wildman–Crippen LogP) is 2.55. The zero-order valence-electron chi connectivity index (χ0n) is 13.4. The van der Waals surface area contributed by atoms with Crippen molar-refractivity contribution in [1.82, 2.24) is 0 Å². The molecule has 0 heterocycles. The van der Waals surface area contributed by atoms with Crippen LogP contribution in [0.2, 0.25) is 0 Å². The molecule has 0 aliphatic carbocycles. The number of ether oxygens (including phenoxy) is 3. The number of benzene rings is 1. The van der Waals surface area contributed by atoms with Gasteiger partial charge in [0.2, 0.25) is 0 Å². The number of nitrogen functional groups attached to an aromatic ring is 1. The molecule has 5 heteroatoms. The maximum atomic E-state index is 6.26. The fourth-order valence-corrected chi connectivity index (χ4v) is 2.10. The summed E-state index contributed by atoms with van der Waals surface area (Å²) < 4.78 is 16.0. The normalized spacial score (nSPS) is 10.6. The van der Waals surface area contributed by atoms with Gasteiger partial charge in [0.1, 0.15) is 5.75 Å². The Hall–Kier alpha value is -1.46. The Kier molecular flexibility index (Phi) is 8.62. The van der Waals surface area contributed by atoms with Gasteiger partial charge in [-0.05, 0) is 25.0 Å². The first-order valence-corrected chi connectivity index (χ1v) is 7.48. The first kappa shape index (κ1) is 17.6. The molecule has 0 saturated carbocycles. The zero-order chi connectivity index (χ0) is 15.5. The Labute approximate surface area is 128 Å². The maximum Gasteiger partial charge on any atom is 0.144 e. The van der Waals surface area contributed by atoms with Gasteiger partial charge in [-0.1, -0.05) is 13.0 Å². The van der Waals surface area contributed by atoms with E-state index in [4.69, 9.17) is 19.9 Å². The van der Waals surface area contributed by atoms with Crippen molar-refractivity contribution in [1.29, 1.82) is 0 Å². The Balaban J connectivity index is 2.83. The minimum absolute atomic E-state index is 0.659. The van der Waals surface area contributed by atoms with E-state index in [0.717, 1.165) is 44.0 Å². The molecule has 2 N–H and O–H groups in total. The van der Waals surface area contributed by atoms with Gasteiger partial charge in [0.25, 0.3) is 0 Å². The summed E-state index contributed by atoms with van der Waals surface area (Å²) in [7, 11) is 3.42. The fraction of sp³-hybridized carbons (Fsp3) is 0.625. The standard InChI is InChI=1S/C16H28N2O3/c1-4-11-21-15-8-5-7-14(16(15)17)18(10-13-20-3)9-6-12-19-2/h5,7-8H,4,6,9-13,17H2,1-3H3. The number of nitrogens with two attached hydrogens (primary N) is 1. The molecule has 1 rings (SSSR count). The number of anilines is 2. The fourth-order valence-electron chi connectivity index (χ4n) is 2.10. The second kappa shape index (κ2) is 10.3. The Morgan fingerprint density at radius 2 is 1.81 bits per heavy atom. The van der Waals surface area contributed by atoms with Gasteiger partial charge in [-0.3, -0.25) is 0 Å². The molecule has 0 fully saturated rings. The maximum absolute atomic E-state index is 6.26. The van der Waals surface area contributed by atoms with Crippen LogP contribution in [0, 0.1) is 0 Å². The van der Waals surface area contributed by atoms with E-state index in [2.05, 4.69) is 11.8 Å². The lowest BCUT2D eigenvalue weighted by Crippen LogP contribution is -2.29. The van der Waals surface area contributed by atoms with Crippen molar-refractivity contribution < 1.29 is 14.2 Å². The topological polar surface area (TPSA) is 57.0 Å². The predicted molar refractivity (Wildman–Crippen MR) is 87.2 cm³/mol. The van der Waals surface area contributed by atoms with Gasteiger partial charge in [0, 0.05) is 33.9 Å². The Morgan fingerprint density at radius 1 is 1.05 bits per heavy atom. The molecular formula is C16H28N2O3. The lowest BCUT2D eigenvalue weighted by molar-refractivity contribution is 0.191. The van der Waals surface area contributed by atoms with Gasteiger partial charge >= 0.3 is 0 Å². The van der Waals surface area contributed by atoms with Crippen molar-refractivity contribution in [2.45, 2.75) is 19.8 Å². The third kappa shape index (κ3) is 5.81. The molecular weight excluding hydrogens is 268 g/mol. The van der Waals surface area contributed by atoms with E-state index in [1.807, 2.05) is 18.2 Å². The molecule has 0 amide bonds. The number of nitrogens with zero attached hydrogens (tertiary/aromatic N) is 1. The summed E-state index contributed by atoms with van der Waals surface area (Å²) in [6.45, 7) is 5.81. The number of methoxy groups -OCH3 is 2. The number of hydrogen-bond acceptors (Lipinski definition) is 5. The molecule has 0 bridgehead atoms. The summed E-state index contributed by atoms with van der Waals surface area (Å²) in [5, 5.41) is 0. The summed E-state index contributed by atoms with van der Waals surface area (Å²) in [6.07, 6.45) is 1.91.